The van der Waals surface area contributed by atoms with E-state index in [2.05, 4.69) is 6.92 Å². The Morgan fingerprint density at radius 1 is 0.588 bits per heavy atom. The molecule has 2 aromatic rings. The molecule has 0 saturated heterocycles. The van der Waals surface area contributed by atoms with Crippen LogP contribution in [0, 0.1) is 23.3 Å². The van der Waals surface area contributed by atoms with Crippen molar-refractivity contribution in [1.29, 1.82) is 0 Å². The predicted octanol–water partition coefficient (Wildman–Crippen LogP) is 8.64. The Bertz CT molecular complexity index is 1040. The van der Waals surface area contributed by atoms with Gasteiger partial charge in [-0.1, -0.05) is 51.7 Å². The first-order valence-corrected chi connectivity index (χ1v) is 12.1. The van der Waals surface area contributed by atoms with Crippen molar-refractivity contribution in [3.05, 3.63) is 70.8 Å². The molecule has 0 radical (unpaired) electrons. The van der Waals surface area contributed by atoms with Gasteiger partial charge >= 0.3 is 0 Å². The van der Waals surface area contributed by atoms with Crippen LogP contribution in [-0.4, -0.2) is 13.2 Å². The molecule has 1 aliphatic rings. The summed E-state index contributed by atoms with van der Waals surface area (Å²) in [7, 11) is 0. The molecule has 1 aliphatic carbocycles. The minimum absolute atomic E-state index is 0.0905. The van der Waals surface area contributed by atoms with Gasteiger partial charge in [0, 0.05) is 11.1 Å². The van der Waals surface area contributed by atoms with Crippen molar-refractivity contribution in [3.8, 4) is 11.5 Å². The number of benzene rings is 2. The van der Waals surface area contributed by atoms with Crippen LogP contribution in [0.1, 0.15) is 76.3 Å². The lowest BCUT2D eigenvalue weighted by atomic mass is 9.90. The second-order valence-corrected chi connectivity index (χ2v) is 8.46. The highest BCUT2D eigenvalue weighted by Crippen LogP contribution is 2.36. The zero-order chi connectivity index (χ0) is 24.5. The van der Waals surface area contributed by atoms with Crippen LogP contribution < -0.4 is 9.47 Å². The van der Waals surface area contributed by atoms with E-state index in [0.29, 0.717) is 30.8 Å². The number of hydrogen-bond donors (Lipinski definition) is 0. The zero-order valence-electron chi connectivity index (χ0n) is 19.9. The fourth-order valence-electron chi connectivity index (χ4n) is 3.96. The zero-order valence-corrected chi connectivity index (χ0v) is 19.9. The van der Waals surface area contributed by atoms with E-state index in [4.69, 9.17) is 9.47 Å². The minimum atomic E-state index is -1.02. The van der Waals surface area contributed by atoms with Crippen molar-refractivity contribution < 1.29 is 27.0 Å². The molecule has 0 saturated carbocycles. The predicted molar refractivity (Wildman–Crippen MR) is 128 cm³/mol. The number of hydrogen-bond acceptors (Lipinski definition) is 2. The molecular weight excluding hydrogens is 444 g/mol. The first kappa shape index (κ1) is 25.9. The average molecular weight is 477 g/mol. The highest BCUT2D eigenvalue weighted by atomic mass is 19.2. The molecule has 0 N–H and O–H groups in total. The maximum atomic E-state index is 14.8. The maximum Gasteiger partial charge on any atom is 0.201 e. The van der Waals surface area contributed by atoms with Gasteiger partial charge in [0.1, 0.15) is 0 Å². The summed E-state index contributed by atoms with van der Waals surface area (Å²) in [5.74, 6) is -4.15. The highest BCUT2D eigenvalue weighted by molar-refractivity contribution is 5.78. The van der Waals surface area contributed by atoms with Crippen LogP contribution in [0.15, 0.2) is 36.4 Å². The lowest BCUT2D eigenvalue weighted by Gasteiger charge is -2.17. The molecular formula is C28H32F4O2. The SMILES string of the molecule is CCCCCCCOc1ccc(C2=CCC(c3ccc(OCCC)c(F)c3F)=CC2)c(F)c1F. The quantitative estimate of drug-likeness (QED) is 0.225. The lowest BCUT2D eigenvalue weighted by molar-refractivity contribution is 0.285. The Labute approximate surface area is 199 Å². The van der Waals surface area contributed by atoms with Gasteiger partial charge in [-0.05, 0) is 61.1 Å². The summed E-state index contributed by atoms with van der Waals surface area (Å²) in [5.41, 5.74) is 1.48. The van der Waals surface area contributed by atoms with E-state index in [-0.39, 0.29) is 35.5 Å². The summed E-state index contributed by atoms with van der Waals surface area (Å²) in [6.45, 7) is 4.66. The average Bonchev–Trinajstić information content (AvgIpc) is 2.85. The van der Waals surface area contributed by atoms with Crippen LogP contribution in [0.3, 0.4) is 0 Å². The van der Waals surface area contributed by atoms with Crippen LogP contribution in [0.25, 0.3) is 11.1 Å². The van der Waals surface area contributed by atoms with E-state index in [1.54, 1.807) is 12.2 Å². The highest BCUT2D eigenvalue weighted by Gasteiger charge is 2.21. The van der Waals surface area contributed by atoms with Crippen molar-refractivity contribution in [1.82, 2.24) is 0 Å². The van der Waals surface area contributed by atoms with E-state index in [0.717, 1.165) is 32.1 Å². The smallest absolute Gasteiger partial charge is 0.201 e. The van der Waals surface area contributed by atoms with E-state index in [1.165, 1.54) is 24.3 Å². The fourth-order valence-corrected chi connectivity index (χ4v) is 3.96. The van der Waals surface area contributed by atoms with Crippen LogP contribution in [0.5, 0.6) is 11.5 Å². The standard InChI is InChI=1S/C28H32F4O2/c1-3-5-6-7-8-18-34-24-16-14-22(26(30)28(24)32)20-11-9-19(10-12-20)21-13-15-23(33-17-4-2)27(31)25(21)29/h9,12-16H,3-8,10-11,17-18H2,1-2H3. The van der Waals surface area contributed by atoms with Gasteiger partial charge in [-0.15, -0.1) is 0 Å². The van der Waals surface area contributed by atoms with Crippen LogP contribution in [0.2, 0.25) is 0 Å². The molecule has 34 heavy (non-hydrogen) atoms. The van der Waals surface area contributed by atoms with E-state index < -0.39 is 23.3 Å². The Morgan fingerprint density at radius 2 is 1.09 bits per heavy atom. The van der Waals surface area contributed by atoms with Gasteiger partial charge in [-0.2, -0.15) is 8.78 Å². The first-order valence-electron chi connectivity index (χ1n) is 12.1. The van der Waals surface area contributed by atoms with Crippen molar-refractivity contribution in [2.75, 3.05) is 13.2 Å². The topological polar surface area (TPSA) is 18.5 Å². The second kappa shape index (κ2) is 12.6. The molecule has 0 fully saturated rings. The van der Waals surface area contributed by atoms with Crippen molar-refractivity contribution in [3.63, 3.8) is 0 Å². The molecule has 2 nitrogen and oxygen atoms in total. The second-order valence-electron chi connectivity index (χ2n) is 8.46. The Balaban J connectivity index is 1.66. The largest absolute Gasteiger partial charge is 0.490 e. The molecule has 0 aliphatic heterocycles. The molecule has 0 bridgehead atoms. The third-order valence-corrected chi connectivity index (χ3v) is 5.89. The van der Waals surface area contributed by atoms with Gasteiger partial charge in [-0.3, -0.25) is 0 Å². The summed E-state index contributed by atoms with van der Waals surface area (Å²) in [4.78, 5) is 0. The van der Waals surface area contributed by atoms with Crippen LogP contribution in [-0.2, 0) is 0 Å². The maximum absolute atomic E-state index is 14.8. The Morgan fingerprint density at radius 3 is 1.56 bits per heavy atom. The molecule has 2 aromatic carbocycles. The molecule has 3 rings (SSSR count). The Kier molecular flexibility index (Phi) is 9.61. The van der Waals surface area contributed by atoms with Crippen molar-refractivity contribution in [2.45, 2.75) is 65.2 Å². The van der Waals surface area contributed by atoms with Gasteiger partial charge in [-0.25, -0.2) is 8.78 Å². The fraction of sp³-hybridized carbons (Fsp3) is 0.429. The van der Waals surface area contributed by atoms with Crippen LogP contribution >= 0.6 is 0 Å². The van der Waals surface area contributed by atoms with Gasteiger partial charge < -0.3 is 9.47 Å². The third-order valence-electron chi connectivity index (χ3n) is 5.89. The normalized spacial score (nSPS) is 13.5. The number of halogens is 4. The summed E-state index contributed by atoms with van der Waals surface area (Å²) in [6.07, 6.45) is 9.87. The van der Waals surface area contributed by atoms with Crippen molar-refractivity contribution in [2.24, 2.45) is 0 Å². The number of allylic oxidation sites excluding steroid dienone is 4. The molecule has 0 unspecified atom stereocenters. The molecule has 184 valence electrons. The summed E-state index contributed by atoms with van der Waals surface area (Å²) >= 11 is 0. The Hall–Kier alpha value is -2.76. The lowest BCUT2D eigenvalue weighted by Crippen LogP contribution is -2.04. The third kappa shape index (κ3) is 6.22. The number of ether oxygens (including phenoxy) is 2. The number of unbranched alkanes of at least 4 members (excludes halogenated alkanes) is 4. The monoisotopic (exact) mass is 476 g/mol. The minimum Gasteiger partial charge on any atom is -0.490 e. The van der Waals surface area contributed by atoms with E-state index in [9.17, 15) is 17.6 Å². The van der Waals surface area contributed by atoms with E-state index in [1.807, 2.05) is 6.92 Å². The molecule has 0 heterocycles. The van der Waals surface area contributed by atoms with Gasteiger partial charge in [0.05, 0.1) is 13.2 Å². The molecule has 0 spiro atoms. The molecule has 0 aromatic heterocycles. The van der Waals surface area contributed by atoms with Gasteiger partial charge in [0.2, 0.25) is 11.6 Å². The molecule has 0 atom stereocenters. The van der Waals surface area contributed by atoms with Crippen molar-refractivity contribution >= 4 is 11.1 Å². The van der Waals surface area contributed by atoms with Gasteiger partial charge in [0.15, 0.2) is 23.1 Å². The van der Waals surface area contributed by atoms with E-state index >= 15 is 0 Å². The summed E-state index contributed by atoms with van der Waals surface area (Å²) < 4.78 is 68.9. The first-order chi connectivity index (χ1) is 16.5. The van der Waals surface area contributed by atoms with Crippen LogP contribution in [0.4, 0.5) is 17.6 Å². The molecule has 6 heteroatoms. The molecule has 0 amide bonds. The summed E-state index contributed by atoms with van der Waals surface area (Å²) in [5, 5.41) is 0. The summed E-state index contributed by atoms with van der Waals surface area (Å²) in [6, 6.07) is 5.86. The van der Waals surface area contributed by atoms with Gasteiger partial charge in [0.25, 0.3) is 0 Å². The number of rotatable bonds is 12.